The van der Waals surface area contributed by atoms with E-state index in [1.165, 1.54) is 18.4 Å². The van der Waals surface area contributed by atoms with Crippen molar-refractivity contribution in [2.75, 3.05) is 0 Å². The van der Waals surface area contributed by atoms with Crippen LogP contribution in [0.2, 0.25) is 0 Å². The van der Waals surface area contributed by atoms with Gasteiger partial charge in [-0.1, -0.05) is 12.1 Å². The van der Waals surface area contributed by atoms with Gasteiger partial charge >= 0.3 is 0 Å². The maximum atomic E-state index is 9.44. The van der Waals surface area contributed by atoms with E-state index >= 15 is 0 Å². The highest BCUT2D eigenvalue weighted by Crippen LogP contribution is 2.40. The van der Waals surface area contributed by atoms with E-state index in [0.29, 0.717) is 17.7 Å². The first-order chi connectivity index (χ1) is 10.8. The minimum atomic E-state index is 0.299. The molecule has 0 saturated heterocycles. The Bertz CT molecular complexity index is 732. The lowest BCUT2D eigenvalue weighted by atomic mass is 9.87. The molecule has 1 saturated carbocycles. The number of hydrogen-bond acceptors (Lipinski definition) is 3. The number of allylic oxidation sites excluding steroid dienone is 1. The Labute approximate surface area is 130 Å². The van der Waals surface area contributed by atoms with Crippen LogP contribution in [0.5, 0.6) is 5.75 Å². The van der Waals surface area contributed by atoms with Crippen LogP contribution in [-0.2, 0) is 0 Å². The molecule has 2 atom stereocenters. The third-order valence-corrected chi connectivity index (χ3v) is 4.58. The second kappa shape index (κ2) is 5.41. The van der Waals surface area contributed by atoms with Crippen LogP contribution in [0.3, 0.4) is 0 Å². The topological polar surface area (TPSA) is 45.5 Å². The Balaban J connectivity index is 1.79. The van der Waals surface area contributed by atoms with Gasteiger partial charge in [0.2, 0.25) is 0 Å². The fourth-order valence-electron chi connectivity index (χ4n) is 3.49. The fraction of sp³-hybridized carbons (Fsp3) is 0.263. The second-order valence-corrected chi connectivity index (χ2v) is 6.07. The van der Waals surface area contributed by atoms with Gasteiger partial charge in [0.25, 0.3) is 0 Å². The SMILES string of the molecule is Oc1ccc(/C=C2/C(c3cccnc3)=N[C@H]3CC[C@H]2C3)cc1. The zero-order valence-corrected chi connectivity index (χ0v) is 12.3. The average Bonchev–Trinajstić information content (AvgIpc) is 2.95. The van der Waals surface area contributed by atoms with Crippen LogP contribution in [-0.4, -0.2) is 21.8 Å². The number of phenols is 1. The molecule has 2 aromatic rings. The van der Waals surface area contributed by atoms with Crippen molar-refractivity contribution in [3.8, 4) is 5.75 Å². The van der Waals surface area contributed by atoms with Crippen LogP contribution in [0.4, 0.5) is 0 Å². The van der Waals surface area contributed by atoms with Gasteiger partial charge in [0.15, 0.2) is 0 Å². The normalized spacial score (nSPS) is 25.3. The molecule has 3 heteroatoms. The zero-order valence-electron chi connectivity index (χ0n) is 12.3. The van der Waals surface area contributed by atoms with Gasteiger partial charge in [0, 0.05) is 18.0 Å². The van der Waals surface area contributed by atoms with Crippen LogP contribution >= 0.6 is 0 Å². The van der Waals surface area contributed by atoms with Gasteiger partial charge in [0.05, 0.1) is 11.8 Å². The molecule has 0 spiro atoms. The Morgan fingerprint density at radius 2 is 1.95 bits per heavy atom. The van der Waals surface area contributed by atoms with Gasteiger partial charge in [-0.25, -0.2) is 0 Å². The maximum Gasteiger partial charge on any atom is 0.115 e. The van der Waals surface area contributed by atoms with Crippen molar-refractivity contribution in [2.45, 2.75) is 25.3 Å². The first-order valence-electron chi connectivity index (χ1n) is 7.79. The van der Waals surface area contributed by atoms with E-state index in [4.69, 9.17) is 4.99 Å². The molecule has 2 heterocycles. The van der Waals surface area contributed by atoms with Gasteiger partial charge in [0.1, 0.15) is 5.75 Å². The first-order valence-corrected chi connectivity index (χ1v) is 7.79. The number of aliphatic imine (C=N–C) groups is 1. The lowest BCUT2D eigenvalue weighted by molar-refractivity contribution is 0.475. The number of aromatic nitrogens is 1. The van der Waals surface area contributed by atoms with E-state index in [2.05, 4.69) is 17.1 Å². The van der Waals surface area contributed by atoms with Crippen LogP contribution in [0.1, 0.15) is 30.4 Å². The van der Waals surface area contributed by atoms with Gasteiger partial charge in [-0.3, -0.25) is 9.98 Å². The summed E-state index contributed by atoms with van der Waals surface area (Å²) in [7, 11) is 0. The summed E-state index contributed by atoms with van der Waals surface area (Å²) in [5.74, 6) is 0.888. The number of aromatic hydroxyl groups is 1. The van der Waals surface area contributed by atoms with Crippen LogP contribution in [0.25, 0.3) is 6.08 Å². The number of rotatable bonds is 2. The predicted molar refractivity (Wildman–Crippen MR) is 88.0 cm³/mol. The van der Waals surface area contributed by atoms with Gasteiger partial charge in [-0.05, 0) is 66.7 Å². The number of pyridine rings is 1. The zero-order chi connectivity index (χ0) is 14.9. The first kappa shape index (κ1) is 13.3. The van der Waals surface area contributed by atoms with Crippen molar-refractivity contribution in [1.82, 2.24) is 4.98 Å². The van der Waals surface area contributed by atoms with Crippen molar-refractivity contribution >= 4 is 11.8 Å². The smallest absolute Gasteiger partial charge is 0.115 e. The highest BCUT2D eigenvalue weighted by atomic mass is 16.3. The minimum absolute atomic E-state index is 0.299. The number of nitrogens with zero attached hydrogens (tertiary/aromatic N) is 2. The number of hydrogen-bond donors (Lipinski definition) is 1. The summed E-state index contributed by atoms with van der Waals surface area (Å²) in [4.78, 5) is 9.21. The van der Waals surface area contributed by atoms with Crippen LogP contribution < -0.4 is 0 Å². The van der Waals surface area contributed by atoms with Crippen molar-refractivity contribution in [2.24, 2.45) is 10.9 Å². The molecule has 22 heavy (non-hydrogen) atoms. The monoisotopic (exact) mass is 290 g/mol. The van der Waals surface area contributed by atoms with Crippen molar-refractivity contribution in [3.05, 3.63) is 65.5 Å². The summed E-state index contributed by atoms with van der Waals surface area (Å²) in [6.45, 7) is 0. The summed E-state index contributed by atoms with van der Waals surface area (Å²) in [6, 6.07) is 11.9. The summed E-state index contributed by atoms with van der Waals surface area (Å²) >= 11 is 0. The second-order valence-electron chi connectivity index (χ2n) is 6.07. The molecule has 0 unspecified atom stereocenters. The molecular formula is C19H18N2O. The molecule has 1 aliphatic heterocycles. The number of fused-ring (bicyclic) bond motifs is 2. The molecular weight excluding hydrogens is 272 g/mol. The van der Waals surface area contributed by atoms with Crippen molar-refractivity contribution in [3.63, 3.8) is 0 Å². The molecule has 0 amide bonds. The molecule has 2 bridgehead atoms. The molecule has 4 rings (SSSR count). The number of phenolic OH excluding ortho intramolecular Hbond substituents is 1. The highest BCUT2D eigenvalue weighted by molar-refractivity contribution is 6.15. The highest BCUT2D eigenvalue weighted by Gasteiger charge is 2.34. The van der Waals surface area contributed by atoms with E-state index in [1.807, 2.05) is 24.4 Å². The Morgan fingerprint density at radius 1 is 1.09 bits per heavy atom. The average molecular weight is 290 g/mol. The molecule has 0 radical (unpaired) electrons. The predicted octanol–water partition coefficient (Wildman–Crippen LogP) is 3.84. The fourth-order valence-corrected chi connectivity index (χ4v) is 3.49. The number of benzene rings is 1. The third kappa shape index (κ3) is 2.43. The van der Waals surface area contributed by atoms with E-state index in [9.17, 15) is 5.11 Å². The lowest BCUT2D eigenvalue weighted by Gasteiger charge is -2.23. The molecule has 1 aromatic heterocycles. The molecule has 110 valence electrons. The lowest BCUT2D eigenvalue weighted by Crippen LogP contribution is -2.20. The molecule has 1 fully saturated rings. The molecule has 3 nitrogen and oxygen atoms in total. The molecule has 1 N–H and O–H groups in total. The summed E-state index contributed by atoms with van der Waals surface area (Å²) < 4.78 is 0. The Hall–Kier alpha value is -2.42. The maximum absolute atomic E-state index is 9.44. The van der Waals surface area contributed by atoms with Crippen LogP contribution in [0, 0.1) is 5.92 Å². The largest absolute Gasteiger partial charge is 0.508 e. The molecule has 2 aliphatic rings. The van der Waals surface area contributed by atoms with E-state index in [0.717, 1.165) is 23.3 Å². The van der Waals surface area contributed by atoms with Crippen LogP contribution in [0.15, 0.2) is 59.4 Å². The third-order valence-electron chi connectivity index (χ3n) is 4.58. The van der Waals surface area contributed by atoms with E-state index in [-0.39, 0.29) is 0 Å². The van der Waals surface area contributed by atoms with Crippen molar-refractivity contribution in [1.29, 1.82) is 0 Å². The van der Waals surface area contributed by atoms with Gasteiger partial charge in [-0.2, -0.15) is 0 Å². The summed E-state index contributed by atoms with van der Waals surface area (Å²) in [6.07, 6.45) is 9.47. The van der Waals surface area contributed by atoms with E-state index < -0.39 is 0 Å². The van der Waals surface area contributed by atoms with Crippen molar-refractivity contribution < 1.29 is 5.11 Å². The summed E-state index contributed by atoms with van der Waals surface area (Å²) in [5, 5.41) is 9.44. The standard InChI is InChI=1S/C19H18N2O/c22-17-7-3-13(4-8-17)10-18-14-5-6-16(11-14)21-19(18)15-2-1-9-20-12-15/h1-4,7-10,12,14,16,22H,5-6,11H2/b18-10+/t14-,16-/m0/s1. The van der Waals surface area contributed by atoms with Gasteiger partial charge in [-0.15, -0.1) is 0 Å². The Kier molecular flexibility index (Phi) is 3.26. The quantitative estimate of drug-likeness (QED) is 0.913. The van der Waals surface area contributed by atoms with E-state index in [1.54, 1.807) is 18.3 Å². The minimum Gasteiger partial charge on any atom is -0.508 e. The summed E-state index contributed by atoms with van der Waals surface area (Å²) in [5.41, 5.74) is 4.62. The molecule has 1 aliphatic carbocycles. The molecule has 1 aromatic carbocycles. The van der Waals surface area contributed by atoms with Gasteiger partial charge < -0.3 is 5.11 Å². The Morgan fingerprint density at radius 3 is 2.73 bits per heavy atom.